The summed E-state index contributed by atoms with van der Waals surface area (Å²) < 4.78 is 36.7. The van der Waals surface area contributed by atoms with Gasteiger partial charge in [0.2, 0.25) is 15.7 Å². The molecule has 0 aliphatic carbocycles. The van der Waals surface area contributed by atoms with Crippen molar-refractivity contribution in [1.29, 1.82) is 0 Å². The number of benzene rings is 1. The fourth-order valence-corrected chi connectivity index (χ4v) is 6.41. The normalized spacial score (nSPS) is 12.2. The molecular weight excluding hydrogens is 514 g/mol. The van der Waals surface area contributed by atoms with Crippen LogP contribution in [0.3, 0.4) is 0 Å². The first-order chi connectivity index (χ1) is 16.4. The lowest BCUT2D eigenvalue weighted by Crippen LogP contribution is -2.29. The fraction of sp³-hybridized carbons (Fsp3) is 0.261. The van der Waals surface area contributed by atoms with Crippen LogP contribution in [0.1, 0.15) is 42.4 Å². The van der Waals surface area contributed by atoms with Crippen LogP contribution < -0.4 is 10.6 Å². The van der Waals surface area contributed by atoms with E-state index in [-0.39, 0.29) is 20.7 Å². The van der Waals surface area contributed by atoms with Gasteiger partial charge in [0.1, 0.15) is 15.6 Å². The first-order valence-corrected chi connectivity index (χ1v) is 13.1. The number of hydrogen-bond donors (Lipinski definition) is 2. The molecule has 1 amide bonds. The second-order valence-electron chi connectivity index (χ2n) is 7.70. The van der Waals surface area contributed by atoms with Crippen molar-refractivity contribution < 1.29 is 27.3 Å². The maximum atomic E-state index is 13.4. The Morgan fingerprint density at radius 3 is 2.51 bits per heavy atom. The van der Waals surface area contributed by atoms with E-state index in [1.807, 2.05) is 0 Å². The van der Waals surface area contributed by atoms with E-state index < -0.39 is 27.1 Å². The predicted molar refractivity (Wildman–Crippen MR) is 135 cm³/mol. The van der Waals surface area contributed by atoms with Crippen molar-refractivity contribution in [3.8, 4) is 0 Å². The van der Waals surface area contributed by atoms with E-state index in [9.17, 15) is 18.0 Å². The number of sulfone groups is 1. The molecule has 0 saturated heterocycles. The molecule has 12 heteroatoms. The van der Waals surface area contributed by atoms with Crippen molar-refractivity contribution in [2.75, 3.05) is 17.7 Å². The average molecular weight is 538 g/mol. The maximum Gasteiger partial charge on any atom is 0.338 e. The van der Waals surface area contributed by atoms with Crippen LogP contribution in [-0.4, -0.2) is 37.9 Å². The molecule has 2 aromatic heterocycles. The van der Waals surface area contributed by atoms with Crippen LogP contribution in [0.25, 0.3) is 0 Å². The summed E-state index contributed by atoms with van der Waals surface area (Å²) in [6, 6.07) is 3.09. The van der Waals surface area contributed by atoms with E-state index in [0.717, 1.165) is 11.3 Å². The molecule has 1 unspecified atom stereocenters. The van der Waals surface area contributed by atoms with Crippen molar-refractivity contribution in [2.45, 2.75) is 38.0 Å². The third kappa shape index (κ3) is 4.97. The molecule has 0 spiro atoms. The zero-order valence-electron chi connectivity index (χ0n) is 19.7. The summed E-state index contributed by atoms with van der Waals surface area (Å²) in [6.07, 6.45) is 1.17. The Bertz CT molecular complexity index is 1430. The molecule has 1 atom stereocenters. The van der Waals surface area contributed by atoms with Crippen molar-refractivity contribution in [2.24, 2.45) is 0 Å². The minimum absolute atomic E-state index is 0.0277. The van der Waals surface area contributed by atoms with Crippen molar-refractivity contribution in [3.63, 3.8) is 0 Å². The first kappa shape index (κ1) is 26.5. The summed E-state index contributed by atoms with van der Waals surface area (Å²) in [5.41, 5.74) is 3.06. The van der Waals surface area contributed by atoms with E-state index in [1.54, 1.807) is 33.8 Å². The highest BCUT2D eigenvalue weighted by molar-refractivity contribution is 7.92. The van der Waals surface area contributed by atoms with E-state index in [1.165, 1.54) is 24.6 Å². The molecule has 0 radical (unpaired) electrons. The second kappa shape index (κ2) is 10.2. The SMILES string of the molecule is C=CC(Nc1onc(C)c1Cl)S(=O)(=O)c1ccsc1C(=O)Nc1c(C)cc(C)c(C(=O)OC)c1C. The molecule has 0 fully saturated rings. The predicted octanol–water partition coefficient (Wildman–Crippen LogP) is 5.06. The molecule has 3 rings (SSSR count). The summed E-state index contributed by atoms with van der Waals surface area (Å²) in [6.45, 7) is 10.4. The van der Waals surface area contributed by atoms with Gasteiger partial charge in [0.05, 0.1) is 17.6 Å². The zero-order chi connectivity index (χ0) is 26.1. The number of aromatic nitrogens is 1. The minimum Gasteiger partial charge on any atom is -0.465 e. The van der Waals surface area contributed by atoms with Crippen molar-refractivity contribution in [1.82, 2.24) is 5.16 Å². The Morgan fingerprint density at radius 1 is 1.26 bits per heavy atom. The highest BCUT2D eigenvalue weighted by Crippen LogP contribution is 2.32. The smallest absolute Gasteiger partial charge is 0.338 e. The number of methoxy groups -OCH3 is 1. The van der Waals surface area contributed by atoms with Crippen LogP contribution in [0.5, 0.6) is 0 Å². The Kier molecular flexibility index (Phi) is 7.73. The fourth-order valence-electron chi connectivity index (χ4n) is 3.63. The molecule has 2 N–H and O–H groups in total. The summed E-state index contributed by atoms with van der Waals surface area (Å²) in [5.74, 6) is -1.20. The molecule has 0 aliphatic rings. The number of amides is 1. The molecule has 2 heterocycles. The number of halogens is 1. The van der Waals surface area contributed by atoms with Gasteiger partial charge in [-0.2, -0.15) is 0 Å². The van der Waals surface area contributed by atoms with E-state index >= 15 is 0 Å². The summed E-state index contributed by atoms with van der Waals surface area (Å²) in [5, 5.41) is 9.42. The van der Waals surface area contributed by atoms with Crippen LogP contribution >= 0.6 is 22.9 Å². The minimum atomic E-state index is -4.13. The van der Waals surface area contributed by atoms with Gasteiger partial charge in [-0.3, -0.25) is 4.79 Å². The lowest BCUT2D eigenvalue weighted by atomic mass is 9.97. The van der Waals surface area contributed by atoms with Crippen LogP contribution in [0.4, 0.5) is 11.6 Å². The number of esters is 1. The molecule has 0 saturated carbocycles. The van der Waals surface area contributed by atoms with E-state index in [4.69, 9.17) is 20.9 Å². The van der Waals surface area contributed by atoms with Gasteiger partial charge >= 0.3 is 5.97 Å². The summed E-state index contributed by atoms with van der Waals surface area (Å²) in [4.78, 5) is 25.3. The summed E-state index contributed by atoms with van der Waals surface area (Å²) >= 11 is 7.07. The van der Waals surface area contributed by atoms with Crippen LogP contribution in [0, 0.1) is 27.7 Å². The Balaban J connectivity index is 1.97. The topological polar surface area (TPSA) is 128 Å². The number of nitrogens with zero attached hydrogens (tertiary/aromatic N) is 1. The Hall–Kier alpha value is -3.15. The number of hydrogen-bond acceptors (Lipinski definition) is 9. The number of thiophene rings is 1. The number of anilines is 2. The molecule has 0 aliphatic heterocycles. The van der Waals surface area contributed by atoms with Gasteiger partial charge in [-0.15, -0.1) is 11.3 Å². The summed E-state index contributed by atoms with van der Waals surface area (Å²) in [7, 11) is -2.86. The van der Waals surface area contributed by atoms with Crippen molar-refractivity contribution >= 4 is 56.2 Å². The Morgan fingerprint density at radius 2 is 1.94 bits per heavy atom. The van der Waals surface area contributed by atoms with Gasteiger partial charge in [-0.25, -0.2) is 13.2 Å². The highest BCUT2D eigenvalue weighted by atomic mass is 35.5. The largest absolute Gasteiger partial charge is 0.465 e. The third-order valence-corrected chi connectivity index (χ3v) is 8.77. The van der Waals surface area contributed by atoms with E-state index in [0.29, 0.717) is 33.6 Å². The van der Waals surface area contributed by atoms with Crippen molar-refractivity contribution in [3.05, 3.63) is 68.0 Å². The van der Waals surface area contributed by atoms with Gasteiger partial charge in [-0.1, -0.05) is 35.5 Å². The maximum absolute atomic E-state index is 13.4. The van der Waals surface area contributed by atoms with Gasteiger partial charge in [0.25, 0.3) is 5.91 Å². The standard InChI is InChI=1S/C23H24ClN3O6S2/c1-7-16(25-22-18(24)14(5)27-33-22)35(30,31)15-8-9-34-20(15)21(28)26-19-12(3)10-11(2)17(13(19)4)23(29)32-6/h7-10,16,25H,1H2,2-6H3,(H,26,28). The Labute approximate surface area is 212 Å². The quantitative estimate of drug-likeness (QED) is 0.301. The molecule has 35 heavy (non-hydrogen) atoms. The van der Waals surface area contributed by atoms with Gasteiger partial charge in [0.15, 0.2) is 5.37 Å². The number of carbonyl (C=O) groups is 2. The monoisotopic (exact) mass is 537 g/mol. The van der Waals surface area contributed by atoms with Crippen LogP contribution in [0.15, 0.2) is 39.6 Å². The third-order valence-electron chi connectivity index (χ3n) is 5.35. The molecule has 3 aromatic rings. The number of ether oxygens (including phenoxy) is 1. The van der Waals surface area contributed by atoms with Crippen LogP contribution in [0.2, 0.25) is 5.02 Å². The number of aryl methyl sites for hydroxylation is 3. The average Bonchev–Trinajstić information content (AvgIpc) is 3.42. The number of rotatable bonds is 8. The van der Waals surface area contributed by atoms with Gasteiger partial charge in [-0.05, 0) is 55.8 Å². The molecule has 1 aromatic carbocycles. The van der Waals surface area contributed by atoms with E-state index in [2.05, 4.69) is 22.4 Å². The number of carbonyl (C=O) groups excluding carboxylic acids is 2. The molecule has 9 nitrogen and oxygen atoms in total. The lowest BCUT2D eigenvalue weighted by Gasteiger charge is -2.18. The lowest BCUT2D eigenvalue weighted by molar-refractivity contribution is 0.0599. The first-order valence-electron chi connectivity index (χ1n) is 10.3. The second-order valence-corrected chi connectivity index (χ2v) is 11.0. The molecule has 186 valence electrons. The van der Waals surface area contributed by atoms with Gasteiger partial charge in [0, 0.05) is 5.69 Å². The van der Waals surface area contributed by atoms with Crippen LogP contribution in [-0.2, 0) is 14.6 Å². The number of nitrogens with one attached hydrogen (secondary N) is 2. The van der Waals surface area contributed by atoms with Gasteiger partial charge < -0.3 is 19.9 Å². The zero-order valence-corrected chi connectivity index (χ0v) is 22.1. The highest BCUT2D eigenvalue weighted by Gasteiger charge is 2.32. The molecule has 0 bridgehead atoms. The molecular formula is C23H24ClN3O6S2.